The number of carbonyl (C=O) groups excluding carboxylic acids is 1. The van der Waals surface area contributed by atoms with Gasteiger partial charge in [-0.25, -0.2) is 4.68 Å². The highest BCUT2D eigenvalue weighted by Gasteiger charge is 2.24. The largest absolute Gasteiger partial charge is 0.368 e. The van der Waals surface area contributed by atoms with Crippen molar-refractivity contribution in [1.29, 1.82) is 0 Å². The van der Waals surface area contributed by atoms with Crippen molar-refractivity contribution in [2.24, 2.45) is 0 Å². The second-order valence-electron chi connectivity index (χ2n) is 6.21. The molecule has 1 atom stereocenters. The molecule has 4 rings (SSSR count). The first kappa shape index (κ1) is 16.4. The fourth-order valence-electron chi connectivity index (χ4n) is 2.99. The Morgan fingerprint density at radius 1 is 1.23 bits per heavy atom. The normalized spacial score (nSPS) is 16.1. The zero-order chi connectivity index (χ0) is 17.8. The van der Waals surface area contributed by atoms with Crippen molar-refractivity contribution < 1.29 is 9.53 Å². The first-order chi connectivity index (χ1) is 12.8. The number of nitrogens with zero attached hydrogens (tertiary/aromatic N) is 4. The first-order valence-electron chi connectivity index (χ1n) is 8.54. The van der Waals surface area contributed by atoms with Crippen LogP contribution in [0.1, 0.15) is 11.3 Å². The smallest absolute Gasteiger partial charge is 0.224 e. The van der Waals surface area contributed by atoms with E-state index >= 15 is 0 Å². The highest BCUT2D eigenvalue weighted by molar-refractivity contribution is 5.78. The van der Waals surface area contributed by atoms with E-state index in [1.54, 1.807) is 12.4 Å². The first-order valence-corrected chi connectivity index (χ1v) is 8.54. The molecule has 0 fully saturated rings. The highest BCUT2D eigenvalue weighted by Crippen LogP contribution is 2.24. The van der Waals surface area contributed by atoms with E-state index in [-0.39, 0.29) is 12.0 Å². The Labute approximate surface area is 151 Å². The van der Waals surface area contributed by atoms with Crippen LogP contribution in [0.5, 0.6) is 0 Å². The van der Waals surface area contributed by atoms with Crippen LogP contribution >= 0.6 is 0 Å². The summed E-state index contributed by atoms with van der Waals surface area (Å²) in [5.41, 5.74) is 3.65. The van der Waals surface area contributed by atoms with Gasteiger partial charge in [0, 0.05) is 24.5 Å². The van der Waals surface area contributed by atoms with Gasteiger partial charge in [-0.15, -0.1) is 5.10 Å². The number of ether oxygens (including phenoxy) is 1. The maximum Gasteiger partial charge on any atom is 0.224 e. The molecule has 7 heteroatoms. The second-order valence-corrected chi connectivity index (χ2v) is 6.21. The molecule has 1 unspecified atom stereocenters. The van der Waals surface area contributed by atoms with Crippen LogP contribution in [0.2, 0.25) is 0 Å². The SMILES string of the molecule is O=C(Cc1ccccc1)NCC1Cn2nnc(-c3cccnc3)c2CO1. The minimum Gasteiger partial charge on any atom is -0.368 e. The van der Waals surface area contributed by atoms with Gasteiger partial charge in [-0.3, -0.25) is 9.78 Å². The Kier molecular flexibility index (Phi) is 4.70. The lowest BCUT2D eigenvalue weighted by atomic mass is 10.1. The average Bonchev–Trinajstić information content (AvgIpc) is 3.11. The zero-order valence-corrected chi connectivity index (χ0v) is 14.2. The Morgan fingerprint density at radius 3 is 2.92 bits per heavy atom. The van der Waals surface area contributed by atoms with Gasteiger partial charge in [0.15, 0.2) is 0 Å². The monoisotopic (exact) mass is 349 g/mol. The van der Waals surface area contributed by atoms with Gasteiger partial charge in [-0.05, 0) is 17.7 Å². The molecule has 26 heavy (non-hydrogen) atoms. The number of aromatic nitrogens is 4. The molecule has 0 bridgehead atoms. The van der Waals surface area contributed by atoms with Crippen molar-refractivity contribution in [2.75, 3.05) is 6.54 Å². The summed E-state index contributed by atoms with van der Waals surface area (Å²) in [4.78, 5) is 16.2. The number of fused-ring (bicyclic) bond motifs is 1. The summed E-state index contributed by atoms with van der Waals surface area (Å²) >= 11 is 0. The van der Waals surface area contributed by atoms with Crippen LogP contribution in [0, 0.1) is 0 Å². The lowest BCUT2D eigenvalue weighted by Gasteiger charge is -2.24. The van der Waals surface area contributed by atoms with Crippen LogP contribution < -0.4 is 5.32 Å². The van der Waals surface area contributed by atoms with Crippen molar-refractivity contribution in [3.05, 3.63) is 66.1 Å². The van der Waals surface area contributed by atoms with Crippen molar-refractivity contribution in [2.45, 2.75) is 25.7 Å². The van der Waals surface area contributed by atoms with E-state index in [0.29, 0.717) is 26.1 Å². The van der Waals surface area contributed by atoms with Crippen LogP contribution in [0.3, 0.4) is 0 Å². The number of hydrogen-bond acceptors (Lipinski definition) is 5. The summed E-state index contributed by atoms with van der Waals surface area (Å²) in [6.07, 6.45) is 3.74. The fraction of sp³-hybridized carbons (Fsp3) is 0.263. The molecule has 132 valence electrons. The van der Waals surface area contributed by atoms with Crippen LogP contribution in [0.25, 0.3) is 11.3 Å². The summed E-state index contributed by atoms with van der Waals surface area (Å²) in [7, 11) is 0. The summed E-state index contributed by atoms with van der Waals surface area (Å²) in [6.45, 7) is 1.43. The standard InChI is InChI=1S/C19H19N5O2/c25-18(9-14-5-2-1-3-6-14)21-11-16-12-24-17(13-26-16)19(22-23-24)15-7-4-8-20-10-15/h1-8,10,16H,9,11-13H2,(H,21,25). The summed E-state index contributed by atoms with van der Waals surface area (Å²) in [6, 6.07) is 13.5. The average molecular weight is 349 g/mol. The van der Waals surface area contributed by atoms with Gasteiger partial charge in [0.25, 0.3) is 0 Å². The van der Waals surface area contributed by atoms with Gasteiger partial charge in [0.2, 0.25) is 5.91 Å². The Hall–Kier alpha value is -3.06. The predicted octanol–water partition coefficient (Wildman–Crippen LogP) is 1.60. The lowest BCUT2D eigenvalue weighted by Crippen LogP contribution is -2.39. The minimum absolute atomic E-state index is 0.0137. The van der Waals surface area contributed by atoms with Crippen LogP contribution in [0.4, 0.5) is 0 Å². The van der Waals surface area contributed by atoms with Gasteiger partial charge in [-0.2, -0.15) is 0 Å². The van der Waals surface area contributed by atoms with Crippen molar-refractivity contribution in [3.8, 4) is 11.3 Å². The topological polar surface area (TPSA) is 81.9 Å². The molecule has 7 nitrogen and oxygen atoms in total. The molecule has 3 heterocycles. The molecule has 1 N–H and O–H groups in total. The van der Waals surface area contributed by atoms with Gasteiger partial charge in [0.05, 0.1) is 31.4 Å². The number of benzene rings is 1. The predicted molar refractivity (Wildman–Crippen MR) is 95.0 cm³/mol. The van der Waals surface area contributed by atoms with E-state index in [1.165, 1.54) is 0 Å². The quantitative estimate of drug-likeness (QED) is 0.757. The molecule has 2 aromatic heterocycles. The van der Waals surface area contributed by atoms with Crippen LogP contribution in [-0.4, -0.2) is 38.5 Å². The molecule has 0 radical (unpaired) electrons. The molecule has 0 saturated carbocycles. The highest BCUT2D eigenvalue weighted by atomic mass is 16.5. The second kappa shape index (κ2) is 7.45. The molecule has 1 aromatic carbocycles. The Morgan fingerprint density at radius 2 is 2.12 bits per heavy atom. The third-order valence-electron chi connectivity index (χ3n) is 4.34. The van der Waals surface area contributed by atoms with Gasteiger partial charge >= 0.3 is 0 Å². The van der Waals surface area contributed by atoms with E-state index in [0.717, 1.165) is 22.5 Å². The molecular weight excluding hydrogens is 330 g/mol. The molecule has 1 amide bonds. The lowest BCUT2D eigenvalue weighted by molar-refractivity contribution is -0.121. The van der Waals surface area contributed by atoms with E-state index in [2.05, 4.69) is 20.6 Å². The maximum absolute atomic E-state index is 12.1. The van der Waals surface area contributed by atoms with Gasteiger partial charge in [0.1, 0.15) is 5.69 Å². The summed E-state index contributed by atoms with van der Waals surface area (Å²) in [5.74, 6) is -0.0137. The third kappa shape index (κ3) is 3.62. The molecule has 1 aliphatic rings. The number of amides is 1. The number of pyridine rings is 1. The molecule has 1 aliphatic heterocycles. The minimum atomic E-state index is -0.120. The number of hydrogen-bond donors (Lipinski definition) is 1. The molecule has 3 aromatic rings. The molecule has 0 spiro atoms. The molecule has 0 aliphatic carbocycles. The van der Waals surface area contributed by atoms with Crippen molar-refractivity contribution in [3.63, 3.8) is 0 Å². The molecular formula is C19H19N5O2. The molecule has 0 saturated heterocycles. The Bertz CT molecular complexity index is 879. The number of rotatable bonds is 5. The summed E-state index contributed by atoms with van der Waals surface area (Å²) in [5, 5.41) is 11.4. The van der Waals surface area contributed by atoms with Crippen molar-refractivity contribution in [1.82, 2.24) is 25.3 Å². The van der Waals surface area contributed by atoms with E-state index in [9.17, 15) is 4.79 Å². The fourth-order valence-corrected chi connectivity index (χ4v) is 2.99. The van der Waals surface area contributed by atoms with E-state index in [4.69, 9.17) is 4.74 Å². The summed E-state index contributed by atoms with van der Waals surface area (Å²) < 4.78 is 7.74. The number of carbonyl (C=O) groups is 1. The zero-order valence-electron chi connectivity index (χ0n) is 14.2. The van der Waals surface area contributed by atoms with Crippen LogP contribution in [0.15, 0.2) is 54.9 Å². The maximum atomic E-state index is 12.1. The Balaban J connectivity index is 1.34. The van der Waals surface area contributed by atoms with Gasteiger partial charge in [-0.1, -0.05) is 35.5 Å². The third-order valence-corrected chi connectivity index (χ3v) is 4.34. The van der Waals surface area contributed by atoms with Crippen molar-refractivity contribution >= 4 is 5.91 Å². The van der Waals surface area contributed by atoms with E-state index in [1.807, 2.05) is 47.1 Å². The van der Waals surface area contributed by atoms with Crippen LogP contribution in [-0.2, 0) is 29.1 Å². The van der Waals surface area contributed by atoms with E-state index < -0.39 is 0 Å². The number of nitrogens with one attached hydrogen (secondary N) is 1. The van der Waals surface area contributed by atoms with Gasteiger partial charge < -0.3 is 10.1 Å².